The number of halogens is 34. The normalized spacial score (nSPS) is 15.4. The standard InChI is InChI=1S/C13H13F17O3Si.C11H9F17O3Si.3CH4.H2O/c1-31-34(32-2,33-3)5-4-6(14,15)7(16,17)8(18,19)9(20,21)10(22,23)11(24,25)12(26,27)13(28,29)30;1-31-32(29,30)3-2-4(12,13)5(14,15)6(16,17)7(18,19)8(20,21)9(22,23)10(24,25)11(26,27)28;;;;/h4-5H2,1-3H3;29-30H,2-3H2,1H3;3*1H4;1H2. The highest BCUT2D eigenvalue weighted by Crippen LogP contribution is 2.66. The van der Waals surface area contributed by atoms with Gasteiger partial charge in [-0.15, -0.1) is 0 Å². The van der Waals surface area contributed by atoms with Gasteiger partial charge in [-0.3, -0.25) is 0 Å². The van der Waals surface area contributed by atoms with Crippen LogP contribution in [0, 0.1) is 0 Å². The lowest BCUT2D eigenvalue weighted by molar-refractivity contribution is -0.461. The quantitative estimate of drug-likeness (QED) is 0.0826. The van der Waals surface area contributed by atoms with Crippen LogP contribution >= 0.6 is 0 Å². The van der Waals surface area contributed by atoms with Gasteiger partial charge >= 0.3 is 113 Å². The summed E-state index contributed by atoms with van der Waals surface area (Å²) >= 11 is 0. The zero-order valence-electron chi connectivity index (χ0n) is 31.7. The molecule has 0 heterocycles. The second-order valence-corrected chi connectivity index (χ2v) is 18.0. The van der Waals surface area contributed by atoms with Crippen molar-refractivity contribution in [3.8, 4) is 0 Å². The van der Waals surface area contributed by atoms with E-state index in [0.29, 0.717) is 28.4 Å². The van der Waals surface area contributed by atoms with Crippen LogP contribution < -0.4 is 0 Å². The van der Waals surface area contributed by atoms with Crippen LogP contribution in [-0.4, -0.2) is 156 Å². The van der Waals surface area contributed by atoms with E-state index in [1.807, 2.05) is 0 Å². The summed E-state index contributed by atoms with van der Waals surface area (Å²) in [5.41, 5.74) is 0. The molecule has 0 aromatic carbocycles. The van der Waals surface area contributed by atoms with E-state index in [1.165, 1.54) is 0 Å². The van der Waals surface area contributed by atoms with Crippen molar-refractivity contribution in [2.75, 3.05) is 28.4 Å². The van der Waals surface area contributed by atoms with Gasteiger partial charge in [0.15, 0.2) is 0 Å². The van der Waals surface area contributed by atoms with E-state index in [4.69, 9.17) is 9.59 Å². The van der Waals surface area contributed by atoms with Gasteiger partial charge in [0.05, 0.1) is 0 Å². The van der Waals surface area contributed by atoms with Crippen molar-refractivity contribution < 1.29 is 182 Å². The van der Waals surface area contributed by atoms with Gasteiger partial charge in [-0.1, -0.05) is 22.3 Å². The summed E-state index contributed by atoms with van der Waals surface area (Å²) in [5, 5.41) is 0. The second-order valence-electron chi connectivity index (χ2n) is 12.5. The predicted molar refractivity (Wildman–Crippen MR) is 168 cm³/mol. The first-order valence-corrected chi connectivity index (χ1v) is 19.2. The fourth-order valence-electron chi connectivity index (χ4n) is 3.99. The minimum absolute atomic E-state index is 0. The second kappa shape index (κ2) is 22.3. The van der Waals surface area contributed by atoms with E-state index in [9.17, 15) is 149 Å². The van der Waals surface area contributed by atoms with Gasteiger partial charge in [-0.05, 0) is 0 Å². The molecule has 0 unspecified atom stereocenters. The van der Waals surface area contributed by atoms with Gasteiger partial charge in [0.1, 0.15) is 0 Å². The molecule has 0 saturated carbocycles. The van der Waals surface area contributed by atoms with Crippen molar-refractivity contribution in [1.82, 2.24) is 0 Å². The molecule has 0 rings (SSSR count). The lowest BCUT2D eigenvalue weighted by Gasteiger charge is -2.43. The highest BCUT2D eigenvalue weighted by molar-refractivity contribution is 6.60. The van der Waals surface area contributed by atoms with Crippen LogP contribution in [0.25, 0.3) is 0 Å². The molecular weight excluding hydrogens is 1140 g/mol. The van der Waals surface area contributed by atoms with E-state index in [-0.39, 0.29) is 27.8 Å². The van der Waals surface area contributed by atoms with Crippen molar-refractivity contribution in [3.05, 3.63) is 0 Å². The van der Waals surface area contributed by atoms with Gasteiger partial charge in [0.25, 0.3) is 0 Å². The molecule has 70 heavy (non-hydrogen) atoms. The maximum Gasteiger partial charge on any atom is 0.500 e. The van der Waals surface area contributed by atoms with Crippen LogP contribution in [0.15, 0.2) is 0 Å². The first kappa shape index (κ1) is 79.2. The summed E-state index contributed by atoms with van der Waals surface area (Å²) in [5.74, 6) is -114. The lowest BCUT2D eigenvalue weighted by Crippen LogP contribution is -2.74. The third-order valence-corrected chi connectivity index (χ3v) is 12.6. The van der Waals surface area contributed by atoms with E-state index in [1.54, 1.807) is 0 Å². The summed E-state index contributed by atoms with van der Waals surface area (Å²) in [6.45, 7) is 0. The van der Waals surface area contributed by atoms with Crippen molar-refractivity contribution in [2.45, 2.75) is 142 Å². The summed E-state index contributed by atoms with van der Waals surface area (Å²) in [4.78, 5) is 17.7. The first-order chi connectivity index (χ1) is 28.2. The third kappa shape index (κ3) is 12.3. The molecule has 0 atom stereocenters. The van der Waals surface area contributed by atoms with Crippen LogP contribution in [0.5, 0.6) is 0 Å². The lowest BCUT2D eigenvalue weighted by atomic mass is 9.88. The summed E-state index contributed by atoms with van der Waals surface area (Å²) < 4.78 is 461. The summed E-state index contributed by atoms with van der Waals surface area (Å²) in [7, 11) is -7.32. The van der Waals surface area contributed by atoms with E-state index in [0.717, 1.165) is 0 Å². The minimum atomic E-state index is -8.69. The molecule has 0 aromatic rings. The molecule has 0 spiro atoms. The van der Waals surface area contributed by atoms with Crippen LogP contribution in [-0.2, 0) is 17.7 Å². The van der Waals surface area contributed by atoms with E-state index < -0.39 is 138 Å². The summed E-state index contributed by atoms with van der Waals surface area (Å²) in [6, 6.07) is -3.69. The molecule has 0 aliphatic rings. The maximum atomic E-state index is 13.8. The molecule has 0 fully saturated rings. The highest BCUT2D eigenvalue weighted by Gasteiger charge is 2.97. The van der Waals surface area contributed by atoms with Crippen molar-refractivity contribution >= 4 is 17.6 Å². The smallest absolute Gasteiger partial charge is 0.412 e. The van der Waals surface area contributed by atoms with Gasteiger partial charge < -0.3 is 32.8 Å². The number of hydrogen-bond acceptors (Lipinski definition) is 6. The van der Waals surface area contributed by atoms with Crippen molar-refractivity contribution in [2.24, 2.45) is 0 Å². The Labute approximate surface area is 371 Å². The Kier molecular flexibility index (Phi) is 25.2. The van der Waals surface area contributed by atoms with Crippen LogP contribution in [0.1, 0.15) is 35.1 Å². The zero-order valence-corrected chi connectivity index (χ0v) is 33.7. The molecule has 0 amide bonds. The SMILES string of the molecule is C.C.C.CO[Si](CCC(F)(F)C(F)(F)C(F)(F)C(F)(F)C(F)(F)C(F)(F)C(F)(F)C(F)(F)F)(OC)OC.CO[Si](O)(O)CCC(F)(F)C(F)(F)C(F)(F)C(F)(F)C(F)(F)C(F)(F)C(F)(F)C(F)(F)F.O. The van der Waals surface area contributed by atoms with E-state index in [2.05, 4.69) is 17.7 Å². The number of hydrogen-bond donors (Lipinski definition) is 2. The zero-order chi connectivity index (χ0) is 54.7. The van der Waals surface area contributed by atoms with Gasteiger partial charge in [0, 0.05) is 53.4 Å². The minimum Gasteiger partial charge on any atom is -0.412 e. The Hall–Kier alpha value is -2.23. The molecule has 0 saturated heterocycles. The largest absolute Gasteiger partial charge is 0.500 e. The van der Waals surface area contributed by atoms with Crippen molar-refractivity contribution in [1.29, 1.82) is 0 Å². The average molecular weight is 1170 g/mol. The molecule has 0 aliphatic carbocycles. The molecule has 0 radical (unpaired) electrons. The molecule has 0 aliphatic heterocycles. The molecule has 7 nitrogen and oxygen atoms in total. The highest BCUT2D eigenvalue weighted by atomic mass is 28.4. The Morgan fingerprint density at radius 1 is 0.286 bits per heavy atom. The van der Waals surface area contributed by atoms with Crippen LogP contribution in [0.2, 0.25) is 12.1 Å². The number of alkyl halides is 34. The predicted octanol–water partition coefficient (Wildman–Crippen LogP) is 12.3. The Morgan fingerprint density at radius 3 is 0.629 bits per heavy atom. The van der Waals surface area contributed by atoms with Gasteiger partial charge in [-0.2, -0.15) is 149 Å². The number of rotatable bonds is 22. The molecule has 432 valence electrons. The Bertz CT molecular complexity index is 1600. The van der Waals surface area contributed by atoms with Crippen LogP contribution in [0.4, 0.5) is 149 Å². The molecule has 4 N–H and O–H groups in total. The first-order valence-electron chi connectivity index (χ1n) is 15.2. The van der Waals surface area contributed by atoms with Crippen LogP contribution in [0.3, 0.4) is 0 Å². The van der Waals surface area contributed by atoms with Crippen molar-refractivity contribution in [3.63, 3.8) is 0 Å². The molecule has 43 heteroatoms. The maximum absolute atomic E-state index is 13.8. The van der Waals surface area contributed by atoms with Gasteiger partial charge in [0.2, 0.25) is 0 Å². The fourth-order valence-corrected chi connectivity index (χ4v) is 6.57. The Morgan fingerprint density at radius 2 is 0.457 bits per heavy atom. The molecule has 0 bridgehead atoms. The summed E-state index contributed by atoms with van der Waals surface area (Å²) in [6.07, 6.45) is -21.2. The third-order valence-electron chi connectivity index (χ3n) is 8.34. The average Bonchev–Trinajstić information content (AvgIpc) is 3.13. The fraction of sp³-hybridized carbons (Fsp3) is 1.00. The van der Waals surface area contributed by atoms with E-state index >= 15 is 0 Å². The molecule has 0 aromatic heterocycles. The monoisotopic (exact) mass is 1170 g/mol. The molecular formula is C27H36F34O7Si2. The van der Waals surface area contributed by atoms with Gasteiger partial charge in [-0.25, -0.2) is 0 Å². The topological polar surface area (TPSA) is 109 Å². The Balaban J connectivity index is -0.000000277.